The van der Waals surface area contributed by atoms with Crippen LogP contribution in [-0.2, 0) is 6.54 Å². The molecule has 0 unspecified atom stereocenters. The Kier molecular flexibility index (Phi) is 4.18. The molecule has 2 aromatic rings. The summed E-state index contributed by atoms with van der Waals surface area (Å²) in [6.07, 6.45) is 3.67. The number of rotatable bonds is 6. The number of aryl methyl sites for hydroxylation is 2. The first kappa shape index (κ1) is 12.4. The first-order chi connectivity index (χ1) is 8.79. The Morgan fingerprint density at radius 3 is 2.72 bits per heavy atom. The number of ether oxygens (including phenoxy) is 1. The molecule has 1 aromatic heterocycles. The summed E-state index contributed by atoms with van der Waals surface area (Å²) in [5.41, 5.74) is 1.94. The van der Waals surface area contributed by atoms with Gasteiger partial charge in [0.05, 0.1) is 12.3 Å². The lowest BCUT2D eigenvalue weighted by atomic mass is 10.2. The Bertz CT molecular complexity index is 499. The van der Waals surface area contributed by atoms with Crippen LogP contribution in [0.5, 0.6) is 5.75 Å². The minimum absolute atomic E-state index is 0.652. The Balaban J connectivity index is 1.76. The summed E-state index contributed by atoms with van der Waals surface area (Å²) in [5, 5.41) is 0. The number of aromatic nitrogens is 1. The van der Waals surface area contributed by atoms with Gasteiger partial charge in [-0.3, -0.25) is 4.79 Å². The van der Waals surface area contributed by atoms with Gasteiger partial charge in [0.25, 0.3) is 0 Å². The zero-order valence-electron chi connectivity index (χ0n) is 10.5. The lowest BCUT2D eigenvalue weighted by molar-refractivity contribution is 0.111. The highest BCUT2D eigenvalue weighted by Gasteiger charge is 1.99. The van der Waals surface area contributed by atoms with Gasteiger partial charge in [0.2, 0.25) is 0 Å². The summed E-state index contributed by atoms with van der Waals surface area (Å²) in [6.45, 7) is 3.50. The molecule has 3 heteroatoms. The maximum Gasteiger partial charge on any atom is 0.166 e. The maximum atomic E-state index is 10.7. The number of carbonyl (C=O) groups is 1. The lowest BCUT2D eigenvalue weighted by Gasteiger charge is -2.08. The van der Waals surface area contributed by atoms with Crippen LogP contribution in [-0.4, -0.2) is 17.5 Å². The van der Waals surface area contributed by atoms with Crippen LogP contribution in [0, 0.1) is 6.92 Å². The first-order valence-corrected chi connectivity index (χ1v) is 6.09. The van der Waals surface area contributed by atoms with E-state index in [0.717, 1.165) is 25.0 Å². The van der Waals surface area contributed by atoms with Crippen molar-refractivity contribution < 1.29 is 9.53 Å². The molecule has 0 aliphatic heterocycles. The molecule has 0 fully saturated rings. The molecule has 1 aromatic carbocycles. The predicted molar refractivity (Wildman–Crippen MR) is 71.1 cm³/mol. The van der Waals surface area contributed by atoms with Crippen LogP contribution >= 0.6 is 0 Å². The van der Waals surface area contributed by atoms with Crippen molar-refractivity contribution in [3.8, 4) is 5.75 Å². The summed E-state index contributed by atoms with van der Waals surface area (Å²) in [6, 6.07) is 11.7. The molecule has 2 rings (SSSR count). The quantitative estimate of drug-likeness (QED) is 0.576. The van der Waals surface area contributed by atoms with Crippen molar-refractivity contribution in [3.63, 3.8) is 0 Å². The van der Waals surface area contributed by atoms with Gasteiger partial charge >= 0.3 is 0 Å². The van der Waals surface area contributed by atoms with Crippen LogP contribution in [0.1, 0.15) is 22.5 Å². The number of aldehydes is 1. The van der Waals surface area contributed by atoms with Crippen LogP contribution in [0.15, 0.2) is 42.6 Å². The van der Waals surface area contributed by atoms with E-state index < -0.39 is 0 Å². The van der Waals surface area contributed by atoms with Gasteiger partial charge in [-0.1, -0.05) is 17.7 Å². The van der Waals surface area contributed by atoms with Crippen molar-refractivity contribution in [2.24, 2.45) is 0 Å². The molecule has 94 valence electrons. The minimum Gasteiger partial charge on any atom is -0.494 e. The van der Waals surface area contributed by atoms with Gasteiger partial charge in [0.15, 0.2) is 6.29 Å². The molecule has 0 aliphatic carbocycles. The Morgan fingerprint density at radius 2 is 2.00 bits per heavy atom. The molecule has 0 aliphatic rings. The fourth-order valence-corrected chi connectivity index (χ4v) is 1.80. The monoisotopic (exact) mass is 243 g/mol. The second-order valence-corrected chi connectivity index (χ2v) is 4.26. The first-order valence-electron chi connectivity index (χ1n) is 6.09. The van der Waals surface area contributed by atoms with Crippen molar-refractivity contribution >= 4 is 6.29 Å². The van der Waals surface area contributed by atoms with Crippen molar-refractivity contribution in [2.45, 2.75) is 19.9 Å². The molecule has 0 radical (unpaired) electrons. The highest BCUT2D eigenvalue weighted by atomic mass is 16.5. The van der Waals surface area contributed by atoms with Crippen LogP contribution in [0.2, 0.25) is 0 Å². The van der Waals surface area contributed by atoms with E-state index in [0.29, 0.717) is 12.3 Å². The normalized spacial score (nSPS) is 10.3. The maximum absolute atomic E-state index is 10.7. The molecule has 3 nitrogen and oxygen atoms in total. The number of benzene rings is 1. The number of nitrogens with zero attached hydrogens (tertiary/aromatic N) is 1. The molecule has 0 bridgehead atoms. The topological polar surface area (TPSA) is 31.2 Å². The zero-order chi connectivity index (χ0) is 12.8. The van der Waals surface area contributed by atoms with Gasteiger partial charge in [-0.2, -0.15) is 0 Å². The van der Waals surface area contributed by atoms with Gasteiger partial charge in [-0.15, -0.1) is 0 Å². The SMILES string of the molecule is Cc1ccc(OCCCn2cccc2C=O)cc1. The number of hydrogen-bond acceptors (Lipinski definition) is 2. The van der Waals surface area contributed by atoms with Gasteiger partial charge in [0.1, 0.15) is 5.75 Å². The molecule has 0 spiro atoms. The van der Waals surface area contributed by atoms with E-state index in [1.165, 1.54) is 5.56 Å². The predicted octanol–water partition coefficient (Wildman–Crippen LogP) is 3.08. The fraction of sp³-hybridized carbons (Fsp3) is 0.267. The average molecular weight is 243 g/mol. The van der Waals surface area contributed by atoms with E-state index in [-0.39, 0.29) is 0 Å². The Labute approximate surface area is 107 Å². The van der Waals surface area contributed by atoms with Crippen LogP contribution in [0.25, 0.3) is 0 Å². The number of carbonyl (C=O) groups excluding carboxylic acids is 1. The van der Waals surface area contributed by atoms with Gasteiger partial charge in [-0.05, 0) is 37.6 Å². The molecule has 0 atom stereocenters. The molecule has 0 N–H and O–H groups in total. The molecule has 0 amide bonds. The average Bonchev–Trinajstić information content (AvgIpc) is 2.84. The fourth-order valence-electron chi connectivity index (χ4n) is 1.80. The van der Waals surface area contributed by atoms with Crippen LogP contribution in [0.3, 0.4) is 0 Å². The molecule has 0 saturated carbocycles. The van der Waals surface area contributed by atoms with Crippen molar-refractivity contribution in [3.05, 3.63) is 53.9 Å². The highest BCUT2D eigenvalue weighted by molar-refractivity contribution is 5.72. The van der Waals surface area contributed by atoms with Gasteiger partial charge in [0, 0.05) is 12.7 Å². The standard InChI is InChI=1S/C15H17NO2/c1-13-5-7-15(8-6-13)18-11-3-10-16-9-2-4-14(16)12-17/h2,4-9,12H,3,10-11H2,1H3. The molecule has 1 heterocycles. The van der Waals surface area contributed by atoms with Gasteiger partial charge < -0.3 is 9.30 Å². The van der Waals surface area contributed by atoms with Crippen LogP contribution in [0.4, 0.5) is 0 Å². The lowest BCUT2D eigenvalue weighted by Crippen LogP contribution is -2.06. The smallest absolute Gasteiger partial charge is 0.166 e. The van der Waals surface area contributed by atoms with Gasteiger partial charge in [-0.25, -0.2) is 0 Å². The highest BCUT2D eigenvalue weighted by Crippen LogP contribution is 2.11. The summed E-state index contributed by atoms with van der Waals surface area (Å²) >= 11 is 0. The second-order valence-electron chi connectivity index (χ2n) is 4.26. The van der Waals surface area contributed by atoms with E-state index in [1.54, 1.807) is 0 Å². The third-order valence-electron chi connectivity index (χ3n) is 2.82. The van der Waals surface area contributed by atoms with Crippen molar-refractivity contribution in [1.29, 1.82) is 0 Å². The summed E-state index contributed by atoms with van der Waals surface area (Å²) in [7, 11) is 0. The largest absolute Gasteiger partial charge is 0.494 e. The van der Waals surface area contributed by atoms with E-state index in [4.69, 9.17) is 4.74 Å². The molecule has 18 heavy (non-hydrogen) atoms. The van der Waals surface area contributed by atoms with Crippen molar-refractivity contribution in [1.82, 2.24) is 4.57 Å². The summed E-state index contributed by atoms with van der Waals surface area (Å²) in [4.78, 5) is 10.7. The third-order valence-corrected chi connectivity index (χ3v) is 2.82. The summed E-state index contributed by atoms with van der Waals surface area (Å²) in [5.74, 6) is 0.892. The number of hydrogen-bond donors (Lipinski definition) is 0. The Morgan fingerprint density at radius 1 is 1.22 bits per heavy atom. The molecular weight excluding hydrogens is 226 g/mol. The summed E-state index contributed by atoms with van der Waals surface area (Å²) < 4.78 is 7.57. The molecular formula is C15H17NO2. The van der Waals surface area contributed by atoms with E-state index in [9.17, 15) is 4.79 Å². The van der Waals surface area contributed by atoms with E-state index in [1.807, 2.05) is 47.2 Å². The van der Waals surface area contributed by atoms with E-state index >= 15 is 0 Å². The molecule has 0 saturated heterocycles. The third kappa shape index (κ3) is 3.23. The zero-order valence-corrected chi connectivity index (χ0v) is 10.5. The van der Waals surface area contributed by atoms with Crippen molar-refractivity contribution in [2.75, 3.05) is 6.61 Å². The van der Waals surface area contributed by atoms with Crippen LogP contribution < -0.4 is 4.74 Å². The second kappa shape index (κ2) is 6.05. The Hall–Kier alpha value is -2.03. The van der Waals surface area contributed by atoms with E-state index in [2.05, 4.69) is 6.92 Å². The minimum atomic E-state index is 0.652.